The minimum atomic E-state index is -0.509. The fourth-order valence-electron chi connectivity index (χ4n) is 1.26. The van der Waals surface area contributed by atoms with Gasteiger partial charge in [-0.3, -0.25) is 9.48 Å². The van der Waals surface area contributed by atoms with E-state index in [0.29, 0.717) is 6.29 Å². The van der Waals surface area contributed by atoms with Crippen LogP contribution in [0.25, 0.3) is 0 Å². The Morgan fingerprint density at radius 1 is 1.67 bits per heavy atom. The first kappa shape index (κ1) is 11.4. The van der Waals surface area contributed by atoms with E-state index in [0.717, 1.165) is 0 Å². The van der Waals surface area contributed by atoms with E-state index in [4.69, 9.17) is 4.74 Å². The predicted molar refractivity (Wildman–Crippen MR) is 54.0 cm³/mol. The van der Waals surface area contributed by atoms with Crippen LogP contribution >= 0.6 is 0 Å². The van der Waals surface area contributed by atoms with Gasteiger partial charge in [-0.25, -0.2) is 4.79 Å². The predicted octanol–water partition coefficient (Wildman–Crippen LogP) is 1.45. The summed E-state index contributed by atoms with van der Waals surface area (Å²) in [5, 5.41) is 3.97. The van der Waals surface area contributed by atoms with Crippen molar-refractivity contribution in [3.05, 3.63) is 17.5 Å². The molecule has 0 radical (unpaired) electrons. The second kappa shape index (κ2) is 4.72. The van der Waals surface area contributed by atoms with Crippen LogP contribution < -0.4 is 0 Å². The molecule has 1 aromatic heterocycles. The molecular weight excluding hydrogens is 196 g/mol. The van der Waals surface area contributed by atoms with Gasteiger partial charge in [0.15, 0.2) is 12.0 Å². The number of nitrogens with zero attached hydrogens (tertiary/aromatic N) is 2. The topological polar surface area (TPSA) is 61.2 Å². The zero-order valence-corrected chi connectivity index (χ0v) is 9.06. The van der Waals surface area contributed by atoms with Crippen molar-refractivity contribution in [2.75, 3.05) is 6.61 Å². The molecule has 5 nitrogen and oxygen atoms in total. The Morgan fingerprint density at radius 3 is 2.80 bits per heavy atom. The summed E-state index contributed by atoms with van der Waals surface area (Å²) >= 11 is 0. The molecule has 82 valence electrons. The second-order valence-electron chi connectivity index (χ2n) is 3.33. The molecule has 0 fully saturated rings. The van der Waals surface area contributed by atoms with Crippen LogP contribution in [0, 0.1) is 0 Å². The van der Waals surface area contributed by atoms with Crippen LogP contribution in [0.1, 0.15) is 47.7 Å². The molecule has 0 unspecified atom stereocenters. The van der Waals surface area contributed by atoms with Gasteiger partial charge >= 0.3 is 5.97 Å². The third kappa shape index (κ3) is 2.23. The molecule has 1 aromatic rings. The van der Waals surface area contributed by atoms with Gasteiger partial charge < -0.3 is 4.74 Å². The van der Waals surface area contributed by atoms with Gasteiger partial charge in [0.2, 0.25) is 0 Å². The van der Waals surface area contributed by atoms with Crippen molar-refractivity contribution in [2.24, 2.45) is 0 Å². The van der Waals surface area contributed by atoms with Crippen molar-refractivity contribution in [2.45, 2.75) is 26.8 Å². The summed E-state index contributed by atoms with van der Waals surface area (Å²) in [4.78, 5) is 22.3. The van der Waals surface area contributed by atoms with Gasteiger partial charge in [-0.05, 0) is 20.8 Å². The first-order valence-corrected chi connectivity index (χ1v) is 4.81. The summed E-state index contributed by atoms with van der Waals surface area (Å²) in [5.41, 5.74) is 0.490. The molecule has 0 aliphatic rings. The molecule has 1 heterocycles. The highest BCUT2D eigenvalue weighted by Gasteiger charge is 2.20. The van der Waals surface area contributed by atoms with Gasteiger partial charge in [0.25, 0.3) is 0 Å². The Hall–Kier alpha value is -1.65. The fraction of sp³-hybridized carbons (Fsp3) is 0.500. The smallest absolute Gasteiger partial charge is 0.357 e. The molecule has 0 atom stereocenters. The maximum absolute atomic E-state index is 11.6. The normalized spacial score (nSPS) is 10.4. The lowest BCUT2D eigenvalue weighted by atomic mass is 10.2. The van der Waals surface area contributed by atoms with E-state index < -0.39 is 5.97 Å². The van der Waals surface area contributed by atoms with Crippen molar-refractivity contribution in [3.8, 4) is 0 Å². The highest BCUT2D eigenvalue weighted by molar-refractivity contribution is 5.96. The summed E-state index contributed by atoms with van der Waals surface area (Å²) in [7, 11) is 0. The molecule has 0 N–H and O–H groups in total. The van der Waals surface area contributed by atoms with Crippen molar-refractivity contribution < 1.29 is 14.3 Å². The third-order valence-corrected chi connectivity index (χ3v) is 1.91. The molecule has 0 saturated carbocycles. The quantitative estimate of drug-likeness (QED) is 0.557. The summed E-state index contributed by atoms with van der Waals surface area (Å²) in [6, 6.07) is 0.0121. The van der Waals surface area contributed by atoms with Crippen LogP contribution in [0.2, 0.25) is 0 Å². The van der Waals surface area contributed by atoms with Gasteiger partial charge in [0.05, 0.1) is 18.4 Å². The minimum absolute atomic E-state index is 0.0121. The Bertz CT molecular complexity index is 369. The van der Waals surface area contributed by atoms with Gasteiger partial charge in [-0.15, -0.1) is 0 Å². The summed E-state index contributed by atoms with van der Waals surface area (Å²) in [6.07, 6.45) is 1.98. The number of aromatic nitrogens is 2. The maximum atomic E-state index is 11.6. The fourth-order valence-corrected chi connectivity index (χ4v) is 1.26. The van der Waals surface area contributed by atoms with Crippen LogP contribution in [0.15, 0.2) is 6.20 Å². The summed E-state index contributed by atoms with van der Waals surface area (Å²) < 4.78 is 6.35. The molecule has 0 amide bonds. The number of aldehydes is 1. The number of ether oxygens (including phenoxy) is 1. The first-order valence-electron chi connectivity index (χ1n) is 4.81. The van der Waals surface area contributed by atoms with Gasteiger partial charge in [-0.2, -0.15) is 5.10 Å². The van der Waals surface area contributed by atoms with E-state index >= 15 is 0 Å². The zero-order chi connectivity index (χ0) is 11.4. The summed E-state index contributed by atoms with van der Waals surface area (Å²) in [6.45, 7) is 5.75. The SMILES string of the molecule is CCOC(=O)c1c(C=O)cnn1C(C)C. The largest absolute Gasteiger partial charge is 0.461 e. The molecule has 5 heteroatoms. The van der Waals surface area contributed by atoms with Gasteiger partial charge in [0, 0.05) is 6.04 Å². The Kier molecular flexibility index (Phi) is 3.60. The molecule has 15 heavy (non-hydrogen) atoms. The van der Waals surface area contributed by atoms with Crippen LogP contribution in [0.5, 0.6) is 0 Å². The maximum Gasteiger partial charge on any atom is 0.357 e. The number of esters is 1. The van der Waals surface area contributed by atoms with Crippen LogP contribution in [0.4, 0.5) is 0 Å². The first-order chi connectivity index (χ1) is 7.11. The molecule has 0 aliphatic carbocycles. The Labute approximate surface area is 88.0 Å². The average Bonchev–Trinajstić information content (AvgIpc) is 2.61. The van der Waals surface area contributed by atoms with E-state index in [2.05, 4.69) is 5.10 Å². The Morgan fingerprint density at radius 2 is 2.33 bits per heavy atom. The number of hydrogen-bond donors (Lipinski definition) is 0. The molecule has 0 saturated heterocycles. The minimum Gasteiger partial charge on any atom is -0.461 e. The van der Waals surface area contributed by atoms with Crippen molar-refractivity contribution in [3.63, 3.8) is 0 Å². The van der Waals surface area contributed by atoms with E-state index in [9.17, 15) is 9.59 Å². The monoisotopic (exact) mass is 210 g/mol. The molecule has 0 bridgehead atoms. The highest BCUT2D eigenvalue weighted by Crippen LogP contribution is 2.13. The zero-order valence-electron chi connectivity index (χ0n) is 9.06. The Balaban J connectivity index is 3.15. The lowest BCUT2D eigenvalue weighted by Gasteiger charge is -2.10. The average molecular weight is 210 g/mol. The number of hydrogen-bond acceptors (Lipinski definition) is 4. The lowest BCUT2D eigenvalue weighted by molar-refractivity contribution is 0.0507. The van der Waals surface area contributed by atoms with E-state index in [1.165, 1.54) is 10.9 Å². The van der Waals surface area contributed by atoms with Crippen LogP contribution in [-0.2, 0) is 4.74 Å². The second-order valence-corrected chi connectivity index (χ2v) is 3.33. The van der Waals surface area contributed by atoms with E-state index in [1.54, 1.807) is 6.92 Å². The van der Waals surface area contributed by atoms with Crippen LogP contribution in [-0.4, -0.2) is 28.6 Å². The number of rotatable bonds is 4. The molecule has 0 spiro atoms. The number of carbonyl (C=O) groups excluding carboxylic acids is 2. The third-order valence-electron chi connectivity index (χ3n) is 1.91. The van der Waals surface area contributed by atoms with E-state index in [1.807, 2.05) is 13.8 Å². The molecular formula is C10H14N2O3. The van der Waals surface area contributed by atoms with Crippen molar-refractivity contribution in [1.82, 2.24) is 9.78 Å². The summed E-state index contributed by atoms with van der Waals surface area (Å²) in [5.74, 6) is -0.509. The molecule has 0 aromatic carbocycles. The van der Waals surface area contributed by atoms with Crippen molar-refractivity contribution in [1.29, 1.82) is 0 Å². The number of carbonyl (C=O) groups is 2. The molecule has 1 rings (SSSR count). The van der Waals surface area contributed by atoms with Crippen molar-refractivity contribution >= 4 is 12.3 Å². The van der Waals surface area contributed by atoms with E-state index in [-0.39, 0.29) is 23.9 Å². The highest BCUT2D eigenvalue weighted by atomic mass is 16.5. The van der Waals surface area contributed by atoms with Gasteiger partial charge in [-0.1, -0.05) is 0 Å². The standard InChI is InChI=1S/C10H14N2O3/c1-4-15-10(14)9-8(6-13)5-11-12(9)7(2)3/h5-7H,4H2,1-3H3. The van der Waals surface area contributed by atoms with Crippen LogP contribution in [0.3, 0.4) is 0 Å². The molecule has 0 aliphatic heterocycles. The lowest BCUT2D eigenvalue weighted by Crippen LogP contribution is -2.16. The van der Waals surface area contributed by atoms with Gasteiger partial charge in [0.1, 0.15) is 0 Å².